The second kappa shape index (κ2) is 6.86. The van der Waals surface area contributed by atoms with Crippen molar-refractivity contribution in [1.29, 1.82) is 0 Å². The van der Waals surface area contributed by atoms with Crippen molar-refractivity contribution in [3.8, 4) is 10.4 Å². The lowest BCUT2D eigenvalue weighted by molar-refractivity contribution is 0.102. The van der Waals surface area contributed by atoms with E-state index in [0.29, 0.717) is 11.6 Å². The van der Waals surface area contributed by atoms with Crippen molar-refractivity contribution < 1.29 is 4.79 Å². The van der Waals surface area contributed by atoms with E-state index in [1.54, 1.807) is 11.3 Å². The first-order valence-corrected chi connectivity index (χ1v) is 11.2. The number of nitrogens with one attached hydrogen (secondary N) is 1. The summed E-state index contributed by atoms with van der Waals surface area (Å²) in [5.41, 5.74) is 5.01. The second-order valence-corrected chi connectivity index (χ2v) is 9.27. The van der Waals surface area contributed by atoms with Crippen molar-refractivity contribution in [3.05, 3.63) is 82.9 Å². The molecule has 0 saturated heterocycles. The number of nitrogens with zero attached hydrogens (tertiary/aromatic N) is 2. The summed E-state index contributed by atoms with van der Waals surface area (Å²) in [4.78, 5) is 23.0. The molecule has 2 aromatic heterocycles. The van der Waals surface area contributed by atoms with Gasteiger partial charge >= 0.3 is 0 Å². The van der Waals surface area contributed by atoms with E-state index in [1.165, 1.54) is 31.9 Å². The van der Waals surface area contributed by atoms with Crippen LogP contribution in [0.5, 0.6) is 0 Å². The highest BCUT2D eigenvalue weighted by Gasteiger charge is 2.19. The van der Waals surface area contributed by atoms with Crippen molar-refractivity contribution >= 4 is 60.8 Å². The average molecular weight is 426 g/mol. The first-order valence-electron chi connectivity index (χ1n) is 9.57. The summed E-state index contributed by atoms with van der Waals surface area (Å²) < 4.78 is 2.26. The minimum absolute atomic E-state index is 0.187. The number of carbonyl (C=O) groups excluding carboxylic acids is 1. The number of anilines is 1. The zero-order valence-corrected chi connectivity index (χ0v) is 17.4. The number of fused-ring (bicyclic) bond motifs is 3. The second-order valence-electron chi connectivity index (χ2n) is 7.15. The van der Waals surface area contributed by atoms with Crippen LogP contribution in [0.4, 0.5) is 5.69 Å². The van der Waals surface area contributed by atoms with Gasteiger partial charge in [0, 0.05) is 27.0 Å². The lowest BCUT2D eigenvalue weighted by atomic mass is 10.0. The molecule has 144 valence electrons. The van der Waals surface area contributed by atoms with Crippen LogP contribution in [-0.4, -0.2) is 17.1 Å². The van der Waals surface area contributed by atoms with Crippen LogP contribution in [0.3, 0.4) is 0 Å². The van der Waals surface area contributed by atoms with Gasteiger partial charge in [-0.3, -0.25) is 9.79 Å². The summed E-state index contributed by atoms with van der Waals surface area (Å²) in [5.74, 6) is -0.187. The summed E-state index contributed by atoms with van der Waals surface area (Å²) in [7, 11) is 0. The molecule has 6 heteroatoms. The van der Waals surface area contributed by atoms with Crippen LogP contribution in [0.15, 0.2) is 71.7 Å². The van der Waals surface area contributed by atoms with Crippen LogP contribution in [-0.2, 0) is 6.54 Å². The van der Waals surface area contributed by atoms with Gasteiger partial charge in [-0.25, -0.2) is 4.98 Å². The van der Waals surface area contributed by atoms with Crippen LogP contribution in [0.2, 0.25) is 0 Å². The zero-order chi connectivity index (χ0) is 20.1. The maximum atomic E-state index is 12.9. The van der Waals surface area contributed by atoms with Crippen LogP contribution < -0.4 is 5.32 Å². The molecule has 1 aliphatic rings. The summed E-state index contributed by atoms with van der Waals surface area (Å²) in [6.07, 6.45) is 1.89. The fourth-order valence-electron chi connectivity index (χ4n) is 3.78. The molecule has 0 radical (unpaired) electrons. The van der Waals surface area contributed by atoms with E-state index in [9.17, 15) is 4.79 Å². The van der Waals surface area contributed by atoms with Gasteiger partial charge in [0.15, 0.2) is 5.01 Å². The molecular weight excluding hydrogens is 410 g/mol. The van der Waals surface area contributed by atoms with Crippen LogP contribution in [0, 0.1) is 0 Å². The Morgan fingerprint density at radius 3 is 2.63 bits per heavy atom. The van der Waals surface area contributed by atoms with E-state index in [4.69, 9.17) is 0 Å². The molecule has 0 fully saturated rings. The van der Waals surface area contributed by atoms with E-state index in [2.05, 4.69) is 51.7 Å². The lowest BCUT2D eigenvalue weighted by Crippen LogP contribution is -2.12. The fourth-order valence-corrected chi connectivity index (χ4v) is 5.75. The molecule has 3 aromatic carbocycles. The van der Waals surface area contributed by atoms with Crippen LogP contribution >= 0.6 is 22.7 Å². The molecule has 0 saturated carbocycles. The van der Waals surface area contributed by atoms with Gasteiger partial charge in [-0.15, -0.1) is 22.7 Å². The molecule has 0 unspecified atom stereocenters. The van der Waals surface area contributed by atoms with Gasteiger partial charge in [-0.2, -0.15) is 0 Å². The predicted octanol–water partition coefficient (Wildman–Crippen LogP) is 6.36. The Hall–Kier alpha value is -3.35. The summed E-state index contributed by atoms with van der Waals surface area (Å²) in [6, 6.07) is 22.4. The Kier molecular flexibility index (Phi) is 4.00. The molecular formula is C24H15N3OS2. The predicted molar refractivity (Wildman–Crippen MR) is 126 cm³/mol. The third-order valence-electron chi connectivity index (χ3n) is 5.20. The van der Waals surface area contributed by atoms with Gasteiger partial charge in [0.05, 0.1) is 16.8 Å². The van der Waals surface area contributed by atoms with Crippen molar-refractivity contribution in [2.45, 2.75) is 6.54 Å². The van der Waals surface area contributed by atoms with E-state index in [0.717, 1.165) is 27.0 Å². The molecule has 0 atom stereocenters. The summed E-state index contributed by atoms with van der Waals surface area (Å²) >= 11 is 3.17. The molecule has 4 nitrogen and oxygen atoms in total. The maximum absolute atomic E-state index is 12.9. The third-order valence-corrected chi connectivity index (χ3v) is 7.39. The van der Waals surface area contributed by atoms with Gasteiger partial charge in [-0.1, -0.05) is 30.3 Å². The number of hydrogen-bond donors (Lipinski definition) is 1. The summed E-state index contributed by atoms with van der Waals surface area (Å²) in [5, 5.41) is 4.74. The first-order chi connectivity index (χ1) is 14.7. The van der Waals surface area contributed by atoms with Crippen molar-refractivity contribution in [1.82, 2.24) is 4.98 Å². The SMILES string of the molecule is O=C(Nc1cc2c(c(-c3cc4ccccc4s3)c1)CN=C2)c1nc2ccccc2s1. The van der Waals surface area contributed by atoms with Gasteiger partial charge in [0.1, 0.15) is 0 Å². The van der Waals surface area contributed by atoms with Gasteiger partial charge in [0.25, 0.3) is 5.91 Å². The van der Waals surface area contributed by atoms with E-state index in [1.807, 2.05) is 36.5 Å². The molecule has 0 spiro atoms. The molecule has 0 bridgehead atoms. The maximum Gasteiger partial charge on any atom is 0.284 e. The fraction of sp³-hybridized carbons (Fsp3) is 0.0417. The van der Waals surface area contributed by atoms with E-state index in [-0.39, 0.29) is 5.91 Å². The summed E-state index contributed by atoms with van der Waals surface area (Å²) in [6.45, 7) is 0.672. The zero-order valence-electron chi connectivity index (χ0n) is 15.8. The lowest BCUT2D eigenvalue weighted by Gasteiger charge is -2.10. The number of aliphatic imine (C=N–C) groups is 1. The minimum atomic E-state index is -0.187. The largest absolute Gasteiger partial charge is 0.320 e. The highest BCUT2D eigenvalue weighted by molar-refractivity contribution is 7.22. The third kappa shape index (κ3) is 2.93. The molecule has 1 N–H and O–H groups in total. The Morgan fingerprint density at radius 2 is 1.77 bits per heavy atom. The van der Waals surface area contributed by atoms with Gasteiger partial charge < -0.3 is 5.32 Å². The molecule has 5 aromatic rings. The first kappa shape index (κ1) is 17.5. The van der Waals surface area contributed by atoms with Gasteiger partial charge in [-0.05, 0) is 52.9 Å². The number of rotatable bonds is 3. The van der Waals surface area contributed by atoms with E-state index < -0.39 is 0 Å². The smallest absolute Gasteiger partial charge is 0.284 e. The van der Waals surface area contributed by atoms with Crippen molar-refractivity contribution in [2.75, 3.05) is 5.32 Å². The number of thiophene rings is 1. The molecule has 1 amide bonds. The number of benzene rings is 3. The number of carbonyl (C=O) groups is 1. The Morgan fingerprint density at radius 1 is 0.933 bits per heavy atom. The van der Waals surface area contributed by atoms with E-state index >= 15 is 0 Å². The number of thiazole rings is 1. The highest BCUT2D eigenvalue weighted by Crippen LogP contribution is 2.39. The highest BCUT2D eigenvalue weighted by atomic mass is 32.1. The number of aromatic nitrogens is 1. The molecule has 3 heterocycles. The topological polar surface area (TPSA) is 54.4 Å². The minimum Gasteiger partial charge on any atom is -0.320 e. The molecule has 30 heavy (non-hydrogen) atoms. The number of para-hydroxylation sites is 1. The van der Waals surface area contributed by atoms with Crippen LogP contribution in [0.25, 0.3) is 30.7 Å². The van der Waals surface area contributed by atoms with Gasteiger partial charge in [0.2, 0.25) is 0 Å². The standard InChI is InChI=1S/C24H15N3OS2/c28-23(24-27-19-6-2-4-8-21(19)30-24)26-16-9-15-12-25-13-18(15)17(11-16)22-10-14-5-1-3-7-20(14)29-22/h1-12H,13H2,(H,26,28). The normalized spacial score (nSPS) is 12.5. The monoisotopic (exact) mass is 425 g/mol. The van der Waals surface area contributed by atoms with Crippen LogP contribution in [0.1, 0.15) is 20.9 Å². The number of hydrogen-bond acceptors (Lipinski definition) is 5. The Labute approximate surface area is 180 Å². The Bertz CT molecular complexity index is 1410. The average Bonchev–Trinajstić information content (AvgIpc) is 3.49. The molecule has 1 aliphatic heterocycles. The Balaban J connectivity index is 1.40. The van der Waals surface area contributed by atoms with Crippen molar-refractivity contribution in [2.24, 2.45) is 4.99 Å². The molecule has 0 aliphatic carbocycles. The van der Waals surface area contributed by atoms with Crippen molar-refractivity contribution in [3.63, 3.8) is 0 Å². The quantitative estimate of drug-likeness (QED) is 0.365. The molecule has 6 rings (SSSR count). The number of amides is 1.